The monoisotopic (exact) mass is 277 g/mol. The highest BCUT2D eigenvalue weighted by molar-refractivity contribution is 5.79. The van der Waals surface area contributed by atoms with Crippen molar-refractivity contribution in [2.45, 2.75) is 32.2 Å². The average molecular weight is 277 g/mol. The van der Waals surface area contributed by atoms with Crippen LogP contribution in [0.2, 0.25) is 0 Å². The summed E-state index contributed by atoms with van der Waals surface area (Å²) >= 11 is 0. The smallest absolute Gasteiger partial charge is 0.222 e. The van der Waals surface area contributed by atoms with Gasteiger partial charge in [0.15, 0.2) is 0 Å². The molecule has 1 rings (SSSR count). The van der Waals surface area contributed by atoms with Crippen molar-refractivity contribution in [3.05, 3.63) is 35.9 Å². The fourth-order valence-electron chi connectivity index (χ4n) is 1.94. The van der Waals surface area contributed by atoms with Gasteiger partial charge in [0.1, 0.15) is 0 Å². The molecule has 1 atom stereocenters. The van der Waals surface area contributed by atoms with Gasteiger partial charge in [-0.1, -0.05) is 30.3 Å². The fraction of sp³-hybridized carbons (Fsp3) is 0.467. The van der Waals surface area contributed by atoms with E-state index < -0.39 is 0 Å². The molecular weight excluding hydrogens is 254 g/mol. The van der Waals surface area contributed by atoms with E-state index in [1.165, 1.54) is 6.92 Å². The van der Waals surface area contributed by atoms with Gasteiger partial charge < -0.3 is 16.4 Å². The molecule has 0 aliphatic carbocycles. The zero-order valence-electron chi connectivity index (χ0n) is 11.9. The zero-order chi connectivity index (χ0) is 14.8. The second-order valence-electron chi connectivity index (χ2n) is 4.71. The SMILES string of the molecule is CC(=O)NC(CC(=O)NCCCCN)c1ccccc1. The first kappa shape index (κ1) is 16.2. The van der Waals surface area contributed by atoms with Crippen molar-refractivity contribution < 1.29 is 9.59 Å². The quantitative estimate of drug-likeness (QED) is 0.622. The lowest BCUT2D eigenvalue weighted by Gasteiger charge is -2.18. The predicted octanol–water partition coefficient (Wildman–Crippen LogP) is 1.11. The number of benzene rings is 1. The number of hydrogen-bond donors (Lipinski definition) is 3. The minimum absolute atomic E-state index is 0.0652. The van der Waals surface area contributed by atoms with Crippen molar-refractivity contribution in [1.29, 1.82) is 0 Å². The third-order valence-corrected chi connectivity index (χ3v) is 2.92. The van der Waals surface area contributed by atoms with Crippen LogP contribution in [0.25, 0.3) is 0 Å². The molecule has 20 heavy (non-hydrogen) atoms. The Kier molecular flexibility index (Phi) is 7.35. The van der Waals surface area contributed by atoms with Crippen LogP contribution in [-0.2, 0) is 9.59 Å². The molecule has 0 spiro atoms. The van der Waals surface area contributed by atoms with Crippen LogP contribution in [0, 0.1) is 0 Å². The largest absolute Gasteiger partial charge is 0.356 e. The lowest BCUT2D eigenvalue weighted by Crippen LogP contribution is -2.33. The molecule has 1 aromatic rings. The van der Waals surface area contributed by atoms with Crippen LogP contribution in [0.5, 0.6) is 0 Å². The van der Waals surface area contributed by atoms with Crippen molar-refractivity contribution in [2.24, 2.45) is 5.73 Å². The number of hydrogen-bond acceptors (Lipinski definition) is 3. The summed E-state index contributed by atoms with van der Waals surface area (Å²) in [4.78, 5) is 23.1. The molecule has 0 radical (unpaired) electrons. The summed E-state index contributed by atoms with van der Waals surface area (Å²) in [7, 11) is 0. The van der Waals surface area contributed by atoms with E-state index in [4.69, 9.17) is 5.73 Å². The number of nitrogens with two attached hydrogens (primary N) is 1. The van der Waals surface area contributed by atoms with Gasteiger partial charge in [-0.05, 0) is 24.9 Å². The Hall–Kier alpha value is -1.88. The highest BCUT2D eigenvalue weighted by Crippen LogP contribution is 2.16. The molecule has 0 aliphatic heterocycles. The van der Waals surface area contributed by atoms with Crippen LogP contribution in [0.1, 0.15) is 37.8 Å². The van der Waals surface area contributed by atoms with E-state index in [2.05, 4.69) is 10.6 Å². The Morgan fingerprint density at radius 2 is 1.90 bits per heavy atom. The van der Waals surface area contributed by atoms with Gasteiger partial charge in [-0.25, -0.2) is 0 Å². The molecule has 1 unspecified atom stereocenters. The molecule has 2 amide bonds. The van der Waals surface area contributed by atoms with Gasteiger partial charge in [0.25, 0.3) is 0 Å². The van der Waals surface area contributed by atoms with Crippen LogP contribution in [0.3, 0.4) is 0 Å². The molecule has 0 fully saturated rings. The Morgan fingerprint density at radius 1 is 1.20 bits per heavy atom. The summed E-state index contributed by atoms with van der Waals surface area (Å²) in [5, 5.41) is 5.65. The van der Waals surface area contributed by atoms with E-state index in [0.29, 0.717) is 13.1 Å². The molecule has 1 aromatic carbocycles. The minimum atomic E-state index is -0.289. The van der Waals surface area contributed by atoms with Gasteiger partial charge in [0, 0.05) is 13.5 Å². The Morgan fingerprint density at radius 3 is 2.50 bits per heavy atom. The highest BCUT2D eigenvalue weighted by atomic mass is 16.2. The molecule has 0 aromatic heterocycles. The molecule has 110 valence electrons. The molecule has 0 saturated carbocycles. The standard InChI is InChI=1S/C15H23N3O2/c1-12(19)18-14(13-7-3-2-4-8-13)11-15(20)17-10-6-5-9-16/h2-4,7-8,14H,5-6,9-11,16H2,1H3,(H,17,20)(H,18,19). The van der Waals surface area contributed by atoms with E-state index >= 15 is 0 Å². The molecule has 0 heterocycles. The highest BCUT2D eigenvalue weighted by Gasteiger charge is 2.16. The van der Waals surface area contributed by atoms with E-state index in [1.807, 2.05) is 30.3 Å². The van der Waals surface area contributed by atoms with E-state index in [9.17, 15) is 9.59 Å². The van der Waals surface area contributed by atoms with Crippen LogP contribution < -0.4 is 16.4 Å². The number of amides is 2. The second-order valence-corrected chi connectivity index (χ2v) is 4.71. The van der Waals surface area contributed by atoms with Crippen molar-refractivity contribution in [3.63, 3.8) is 0 Å². The molecule has 0 saturated heterocycles. The number of carbonyl (C=O) groups is 2. The molecule has 0 aliphatic rings. The van der Waals surface area contributed by atoms with Gasteiger partial charge in [0.2, 0.25) is 11.8 Å². The normalized spacial score (nSPS) is 11.7. The predicted molar refractivity (Wildman–Crippen MR) is 78.9 cm³/mol. The first-order chi connectivity index (χ1) is 9.63. The number of rotatable bonds is 8. The number of unbranched alkanes of at least 4 members (excludes halogenated alkanes) is 1. The van der Waals surface area contributed by atoms with Gasteiger partial charge in [0.05, 0.1) is 12.5 Å². The number of nitrogens with one attached hydrogen (secondary N) is 2. The molecular formula is C15H23N3O2. The summed E-state index contributed by atoms with van der Waals surface area (Å²) in [5.41, 5.74) is 6.33. The van der Waals surface area contributed by atoms with E-state index in [0.717, 1.165) is 18.4 Å². The summed E-state index contributed by atoms with van der Waals surface area (Å²) in [6.07, 6.45) is 2.01. The lowest BCUT2D eigenvalue weighted by atomic mass is 10.0. The van der Waals surface area contributed by atoms with Gasteiger partial charge in [-0.15, -0.1) is 0 Å². The van der Waals surface area contributed by atoms with Crippen molar-refractivity contribution in [1.82, 2.24) is 10.6 Å². The minimum Gasteiger partial charge on any atom is -0.356 e. The Balaban J connectivity index is 2.52. The lowest BCUT2D eigenvalue weighted by molar-refractivity contribution is -0.122. The van der Waals surface area contributed by atoms with Gasteiger partial charge in [-0.2, -0.15) is 0 Å². The van der Waals surface area contributed by atoms with Crippen molar-refractivity contribution in [2.75, 3.05) is 13.1 Å². The van der Waals surface area contributed by atoms with Crippen LogP contribution in [0.4, 0.5) is 0 Å². The maximum Gasteiger partial charge on any atom is 0.222 e. The molecule has 0 bridgehead atoms. The molecule has 4 N–H and O–H groups in total. The first-order valence-electron chi connectivity index (χ1n) is 6.92. The second kappa shape index (κ2) is 9.09. The van der Waals surface area contributed by atoms with Crippen LogP contribution in [-0.4, -0.2) is 24.9 Å². The number of carbonyl (C=O) groups excluding carboxylic acids is 2. The first-order valence-corrected chi connectivity index (χ1v) is 6.92. The Bertz CT molecular complexity index is 420. The van der Waals surface area contributed by atoms with Gasteiger partial charge >= 0.3 is 0 Å². The van der Waals surface area contributed by atoms with E-state index in [-0.39, 0.29) is 24.3 Å². The van der Waals surface area contributed by atoms with Gasteiger partial charge in [-0.3, -0.25) is 9.59 Å². The molecule has 5 heteroatoms. The van der Waals surface area contributed by atoms with Crippen molar-refractivity contribution >= 4 is 11.8 Å². The summed E-state index contributed by atoms with van der Waals surface area (Å²) in [6, 6.07) is 9.21. The summed E-state index contributed by atoms with van der Waals surface area (Å²) in [6.45, 7) is 2.71. The third kappa shape index (κ3) is 6.33. The topological polar surface area (TPSA) is 84.2 Å². The molecule has 5 nitrogen and oxygen atoms in total. The maximum absolute atomic E-state index is 11.9. The average Bonchev–Trinajstić information content (AvgIpc) is 2.43. The van der Waals surface area contributed by atoms with Crippen LogP contribution >= 0.6 is 0 Å². The maximum atomic E-state index is 11.9. The zero-order valence-corrected chi connectivity index (χ0v) is 11.9. The van der Waals surface area contributed by atoms with Crippen molar-refractivity contribution in [3.8, 4) is 0 Å². The summed E-state index contributed by atoms with van der Waals surface area (Å²) in [5.74, 6) is -0.209. The third-order valence-electron chi connectivity index (χ3n) is 2.92. The van der Waals surface area contributed by atoms with E-state index in [1.54, 1.807) is 0 Å². The Labute approximate surface area is 119 Å². The summed E-state index contributed by atoms with van der Waals surface area (Å²) < 4.78 is 0. The fourth-order valence-corrected chi connectivity index (χ4v) is 1.94. The van der Waals surface area contributed by atoms with Crippen LogP contribution in [0.15, 0.2) is 30.3 Å².